The number of anilines is 1. The van der Waals surface area contributed by atoms with Gasteiger partial charge >= 0.3 is 0 Å². The van der Waals surface area contributed by atoms with E-state index >= 15 is 0 Å². The number of aromatic nitrogens is 1. The molecule has 0 spiro atoms. The Kier molecular flexibility index (Phi) is 3.62. The van der Waals surface area contributed by atoms with Gasteiger partial charge in [0, 0.05) is 11.1 Å². The second kappa shape index (κ2) is 5.02. The molecule has 1 heterocycles. The fourth-order valence-corrected chi connectivity index (χ4v) is 2.18. The van der Waals surface area contributed by atoms with E-state index in [-0.39, 0.29) is 0 Å². The lowest BCUT2D eigenvalue weighted by Gasteiger charge is -2.08. The first-order valence-electron chi connectivity index (χ1n) is 6.00. The molecule has 1 aromatic heterocycles. The number of benzene rings is 1. The van der Waals surface area contributed by atoms with E-state index in [0.29, 0.717) is 16.8 Å². The van der Waals surface area contributed by atoms with Crippen LogP contribution < -0.4 is 5.73 Å². The summed E-state index contributed by atoms with van der Waals surface area (Å²) in [6.45, 7) is 6.24. The van der Waals surface area contributed by atoms with Crippen molar-refractivity contribution in [2.24, 2.45) is 5.92 Å². The van der Waals surface area contributed by atoms with Crippen LogP contribution in [0.2, 0.25) is 5.02 Å². The molecule has 0 unspecified atom stereocenters. The van der Waals surface area contributed by atoms with Crippen LogP contribution in [0.5, 0.6) is 0 Å². The summed E-state index contributed by atoms with van der Waals surface area (Å²) in [4.78, 5) is 0. The van der Waals surface area contributed by atoms with Crippen molar-refractivity contribution in [1.29, 1.82) is 0 Å². The number of nitrogens with zero attached hydrogens (tertiary/aromatic N) is 1. The Balaban J connectivity index is 2.54. The third kappa shape index (κ3) is 2.36. The van der Waals surface area contributed by atoms with Crippen LogP contribution in [0.3, 0.4) is 0 Å². The van der Waals surface area contributed by atoms with Crippen molar-refractivity contribution in [2.45, 2.75) is 27.2 Å². The Morgan fingerprint density at radius 2 is 2.11 bits per heavy atom. The first-order chi connectivity index (χ1) is 8.50. The molecule has 0 fully saturated rings. The van der Waals surface area contributed by atoms with E-state index in [1.165, 1.54) is 0 Å². The SMILES string of the molecule is Cc1cccc(-c2noc(N)c2CC(C)C)c1Cl. The molecule has 0 saturated heterocycles. The Bertz CT molecular complexity index is 561. The fourth-order valence-electron chi connectivity index (χ4n) is 1.97. The van der Waals surface area contributed by atoms with Crippen molar-refractivity contribution in [3.8, 4) is 11.3 Å². The summed E-state index contributed by atoms with van der Waals surface area (Å²) < 4.78 is 5.11. The number of hydrogen-bond acceptors (Lipinski definition) is 3. The van der Waals surface area contributed by atoms with Crippen molar-refractivity contribution in [3.05, 3.63) is 34.3 Å². The summed E-state index contributed by atoms with van der Waals surface area (Å²) in [5.74, 6) is 0.866. The fraction of sp³-hybridized carbons (Fsp3) is 0.357. The molecule has 0 bridgehead atoms. The lowest BCUT2D eigenvalue weighted by Crippen LogP contribution is -1.99. The van der Waals surface area contributed by atoms with Crippen molar-refractivity contribution >= 4 is 17.5 Å². The predicted molar refractivity (Wildman–Crippen MR) is 74.6 cm³/mol. The second-order valence-electron chi connectivity index (χ2n) is 4.91. The second-order valence-corrected chi connectivity index (χ2v) is 5.29. The van der Waals surface area contributed by atoms with Gasteiger partial charge in [-0.15, -0.1) is 0 Å². The largest absolute Gasteiger partial charge is 0.367 e. The number of hydrogen-bond donors (Lipinski definition) is 1. The molecule has 4 heteroatoms. The summed E-state index contributed by atoms with van der Waals surface area (Å²) in [6, 6.07) is 5.87. The van der Waals surface area contributed by atoms with Gasteiger partial charge in [0.1, 0.15) is 5.69 Å². The lowest BCUT2D eigenvalue weighted by molar-refractivity contribution is 0.438. The Labute approximate surface area is 112 Å². The minimum absolute atomic E-state index is 0.385. The van der Waals surface area contributed by atoms with Crippen LogP contribution in [-0.2, 0) is 6.42 Å². The lowest BCUT2D eigenvalue weighted by atomic mass is 9.98. The molecule has 0 atom stereocenters. The van der Waals surface area contributed by atoms with Crippen molar-refractivity contribution in [2.75, 3.05) is 5.73 Å². The minimum Gasteiger partial charge on any atom is -0.367 e. The van der Waals surface area contributed by atoms with Crippen molar-refractivity contribution < 1.29 is 4.52 Å². The predicted octanol–water partition coefficient (Wildman–Crippen LogP) is 4.08. The zero-order chi connectivity index (χ0) is 13.3. The number of halogens is 1. The van der Waals surface area contributed by atoms with Gasteiger partial charge < -0.3 is 10.3 Å². The summed E-state index contributed by atoms with van der Waals surface area (Å²) in [5, 5.41) is 4.76. The zero-order valence-corrected chi connectivity index (χ0v) is 11.6. The van der Waals surface area contributed by atoms with Crippen molar-refractivity contribution in [1.82, 2.24) is 5.16 Å². The molecule has 0 radical (unpaired) electrons. The van der Waals surface area contributed by atoms with Gasteiger partial charge in [0.25, 0.3) is 0 Å². The number of nitrogen functional groups attached to an aromatic ring is 1. The highest BCUT2D eigenvalue weighted by Gasteiger charge is 2.18. The Morgan fingerprint density at radius 1 is 1.39 bits per heavy atom. The molecule has 2 N–H and O–H groups in total. The van der Waals surface area contributed by atoms with Crippen LogP contribution in [0.4, 0.5) is 5.88 Å². The molecular formula is C14H17ClN2O. The highest BCUT2D eigenvalue weighted by molar-refractivity contribution is 6.34. The third-order valence-corrected chi connectivity index (χ3v) is 3.38. The van der Waals surface area contributed by atoms with Crippen molar-refractivity contribution in [3.63, 3.8) is 0 Å². The van der Waals surface area contributed by atoms with E-state index in [1.807, 2.05) is 25.1 Å². The van der Waals surface area contributed by atoms with E-state index in [0.717, 1.165) is 28.8 Å². The van der Waals surface area contributed by atoms with Gasteiger partial charge in [-0.25, -0.2) is 0 Å². The van der Waals surface area contributed by atoms with Gasteiger partial charge in [-0.3, -0.25) is 0 Å². The van der Waals surface area contributed by atoms with E-state index in [4.69, 9.17) is 21.9 Å². The summed E-state index contributed by atoms with van der Waals surface area (Å²) >= 11 is 6.32. The molecular weight excluding hydrogens is 248 g/mol. The first kappa shape index (κ1) is 13.0. The Morgan fingerprint density at radius 3 is 2.78 bits per heavy atom. The molecule has 0 aliphatic heterocycles. The van der Waals surface area contributed by atoms with Crippen LogP contribution in [0.1, 0.15) is 25.0 Å². The van der Waals surface area contributed by atoms with Gasteiger partial charge in [0.15, 0.2) is 0 Å². The van der Waals surface area contributed by atoms with Gasteiger partial charge in [-0.2, -0.15) is 0 Å². The van der Waals surface area contributed by atoms with Crippen LogP contribution in [0.25, 0.3) is 11.3 Å². The van der Waals surface area contributed by atoms with Gasteiger partial charge in [-0.05, 0) is 24.8 Å². The minimum atomic E-state index is 0.385. The smallest absolute Gasteiger partial charge is 0.225 e. The van der Waals surface area contributed by atoms with E-state index in [1.54, 1.807) is 0 Å². The van der Waals surface area contributed by atoms with E-state index in [9.17, 15) is 0 Å². The topological polar surface area (TPSA) is 52.0 Å². The first-order valence-corrected chi connectivity index (χ1v) is 6.38. The molecule has 2 rings (SSSR count). The maximum atomic E-state index is 6.32. The molecule has 96 valence electrons. The molecule has 0 aliphatic carbocycles. The van der Waals surface area contributed by atoms with Crippen LogP contribution in [0.15, 0.2) is 22.7 Å². The zero-order valence-electron chi connectivity index (χ0n) is 10.8. The number of rotatable bonds is 3. The quantitative estimate of drug-likeness (QED) is 0.909. The Hall–Kier alpha value is -1.48. The van der Waals surface area contributed by atoms with Gasteiger partial charge in [-0.1, -0.05) is 48.8 Å². The average Bonchev–Trinajstić information content (AvgIpc) is 2.64. The van der Waals surface area contributed by atoms with Gasteiger partial charge in [0.05, 0.1) is 5.02 Å². The third-order valence-electron chi connectivity index (χ3n) is 2.88. The monoisotopic (exact) mass is 264 g/mol. The molecule has 18 heavy (non-hydrogen) atoms. The van der Waals surface area contributed by atoms with Crippen LogP contribution >= 0.6 is 11.6 Å². The summed E-state index contributed by atoms with van der Waals surface area (Å²) in [6.07, 6.45) is 0.828. The summed E-state index contributed by atoms with van der Waals surface area (Å²) in [7, 11) is 0. The highest BCUT2D eigenvalue weighted by atomic mass is 35.5. The standard InChI is InChI=1S/C14H17ClN2O/c1-8(2)7-11-13(17-18-14(11)16)10-6-4-5-9(3)12(10)15/h4-6,8H,7,16H2,1-3H3. The maximum absolute atomic E-state index is 6.32. The van der Waals surface area contributed by atoms with E-state index < -0.39 is 0 Å². The molecule has 0 amide bonds. The number of aryl methyl sites for hydroxylation is 1. The van der Waals surface area contributed by atoms with Crippen LogP contribution in [-0.4, -0.2) is 5.16 Å². The van der Waals surface area contributed by atoms with E-state index in [2.05, 4.69) is 19.0 Å². The molecule has 0 aliphatic rings. The van der Waals surface area contributed by atoms with Crippen LogP contribution in [0, 0.1) is 12.8 Å². The number of nitrogens with two attached hydrogens (primary N) is 1. The average molecular weight is 265 g/mol. The highest BCUT2D eigenvalue weighted by Crippen LogP contribution is 2.35. The maximum Gasteiger partial charge on any atom is 0.225 e. The molecule has 1 aromatic carbocycles. The molecule has 0 saturated carbocycles. The van der Waals surface area contributed by atoms with Gasteiger partial charge in [0.2, 0.25) is 5.88 Å². The molecule has 2 aromatic rings. The molecule has 3 nitrogen and oxygen atoms in total. The summed E-state index contributed by atoms with van der Waals surface area (Å²) in [5.41, 5.74) is 9.45. The normalized spacial score (nSPS) is 11.2.